The summed E-state index contributed by atoms with van der Waals surface area (Å²) in [6.07, 6.45) is 3.81. The van der Waals surface area contributed by atoms with Crippen LogP contribution in [0.2, 0.25) is 0 Å². The van der Waals surface area contributed by atoms with Crippen LogP contribution in [0.5, 0.6) is 0 Å². The van der Waals surface area contributed by atoms with E-state index in [1.807, 2.05) is 56.3 Å². The number of aryl methyl sites for hydroxylation is 3. The van der Waals surface area contributed by atoms with Crippen molar-refractivity contribution in [2.75, 3.05) is 13.1 Å². The Hall–Kier alpha value is -3.06. The summed E-state index contributed by atoms with van der Waals surface area (Å²) in [6, 6.07) is 12.0. The molecule has 1 aliphatic rings. The maximum Gasteiger partial charge on any atom is 0.272 e. The van der Waals surface area contributed by atoms with Crippen LogP contribution >= 0.6 is 0 Å². The number of nitrogens with zero attached hydrogens (tertiary/aromatic N) is 5. The molecule has 1 aromatic carbocycles. The summed E-state index contributed by atoms with van der Waals surface area (Å²) in [7, 11) is 1.82. The summed E-state index contributed by atoms with van der Waals surface area (Å²) in [6.45, 7) is 6.21. The number of ether oxygens (including phenoxy) is 1. The average molecular weight is 420 g/mol. The Bertz CT molecular complexity index is 1050. The number of aromatic nitrogens is 4. The van der Waals surface area contributed by atoms with Gasteiger partial charge in [0.25, 0.3) is 5.91 Å². The molecule has 31 heavy (non-hydrogen) atoms. The van der Waals surface area contributed by atoms with E-state index in [9.17, 15) is 4.79 Å². The molecule has 1 atom stereocenters. The normalized spacial score (nSPS) is 16.5. The molecule has 0 N–H and O–H groups in total. The Morgan fingerprint density at radius 1 is 1.19 bits per heavy atom. The van der Waals surface area contributed by atoms with Gasteiger partial charge in [-0.2, -0.15) is 5.10 Å². The van der Waals surface area contributed by atoms with Crippen molar-refractivity contribution < 1.29 is 9.53 Å². The fourth-order valence-corrected chi connectivity index (χ4v) is 4.19. The summed E-state index contributed by atoms with van der Waals surface area (Å²) in [5.74, 6) is 0.942. The summed E-state index contributed by atoms with van der Waals surface area (Å²) in [5.41, 5.74) is 4.61. The number of hydrogen-bond donors (Lipinski definition) is 0. The van der Waals surface area contributed by atoms with E-state index in [4.69, 9.17) is 9.72 Å². The third-order valence-electron chi connectivity index (χ3n) is 5.70. The third-order valence-corrected chi connectivity index (χ3v) is 5.70. The molecule has 0 saturated carbocycles. The number of carbonyl (C=O) groups is 1. The van der Waals surface area contributed by atoms with E-state index in [0.717, 1.165) is 47.7 Å². The minimum absolute atomic E-state index is 0.0282. The molecule has 3 aromatic rings. The predicted molar refractivity (Wildman–Crippen MR) is 118 cm³/mol. The van der Waals surface area contributed by atoms with Gasteiger partial charge in [-0.25, -0.2) is 9.97 Å². The Kier molecular flexibility index (Phi) is 6.42. The van der Waals surface area contributed by atoms with Gasteiger partial charge in [-0.1, -0.05) is 30.3 Å². The number of amides is 1. The Morgan fingerprint density at radius 2 is 2.00 bits per heavy atom. The molecule has 1 amide bonds. The maximum atomic E-state index is 13.1. The lowest BCUT2D eigenvalue weighted by Gasteiger charge is -2.33. The second kappa shape index (κ2) is 9.39. The van der Waals surface area contributed by atoms with E-state index in [1.54, 1.807) is 4.68 Å². The fourth-order valence-electron chi connectivity index (χ4n) is 4.19. The molecule has 0 radical (unpaired) electrons. The zero-order valence-corrected chi connectivity index (χ0v) is 18.4. The van der Waals surface area contributed by atoms with Gasteiger partial charge in [0.1, 0.15) is 11.5 Å². The molecule has 3 heterocycles. The summed E-state index contributed by atoms with van der Waals surface area (Å²) >= 11 is 0. The molecule has 0 spiro atoms. The number of rotatable bonds is 6. The SMILES string of the molecule is Cc1cc(C(=O)N2CCCC(c3nc(C)ncc3COCc3ccccc3)C2)n(C)n1. The van der Waals surface area contributed by atoms with Crippen molar-refractivity contribution in [2.24, 2.45) is 7.05 Å². The van der Waals surface area contributed by atoms with E-state index >= 15 is 0 Å². The van der Waals surface area contributed by atoms with E-state index in [0.29, 0.717) is 25.5 Å². The molecule has 7 nitrogen and oxygen atoms in total. The first-order valence-electron chi connectivity index (χ1n) is 10.7. The lowest BCUT2D eigenvalue weighted by molar-refractivity contribution is 0.0692. The maximum absolute atomic E-state index is 13.1. The first-order valence-corrected chi connectivity index (χ1v) is 10.7. The van der Waals surface area contributed by atoms with Crippen LogP contribution in [0.25, 0.3) is 0 Å². The monoisotopic (exact) mass is 419 g/mol. The second-order valence-corrected chi connectivity index (χ2v) is 8.19. The number of likely N-dealkylation sites (tertiary alicyclic amines) is 1. The van der Waals surface area contributed by atoms with Crippen LogP contribution in [-0.2, 0) is 25.0 Å². The molecule has 1 saturated heterocycles. The van der Waals surface area contributed by atoms with Crippen molar-refractivity contribution in [3.05, 3.63) is 76.6 Å². The topological polar surface area (TPSA) is 73.1 Å². The highest BCUT2D eigenvalue weighted by atomic mass is 16.5. The lowest BCUT2D eigenvalue weighted by Crippen LogP contribution is -2.40. The summed E-state index contributed by atoms with van der Waals surface area (Å²) < 4.78 is 7.63. The number of carbonyl (C=O) groups excluding carboxylic acids is 1. The smallest absolute Gasteiger partial charge is 0.272 e. The van der Waals surface area contributed by atoms with Gasteiger partial charge >= 0.3 is 0 Å². The van der Waals surface area contributed by atoms with Crippen LogP contribution in [0.1, 0.15) is 57.6 Å². The van der Waals surface area contributed by atoms with Gasteiger partial charge in [-0.15, -0.1) is 0 Å². The highest BCUT2D eigenvalue weighted by molar-refractivity contribution is 5.92. The van der Waals surface area contributed by atoms with Gasteiger partial charge in [0.15, 0.2) is 0 Å². The van der Waals surface area contributed by atoms with Crippen molar-refractivity contribution in [2.45, 2.75) is 45.8 Å². The zero-order valence-electron chi connectivity index (χ0n) is 18.4. The van der Waals surface area contributed by atoms with Crippen LogP contribution in [0.3, 0.4) is 0 Å². The minimum atomic E-state index is 0.0282. The number of benzene rings is 1. The first-order chi connectivity index (χ1) is 15.0. The van der Waals surface area contributed by atoms with E-state index in [2.05, 4.69) is 22.2 Å². The summed E-state index contributed by atoms with van der Waals surface area (Å²) in [5, 5.41) is 4.32. The van der Waals surface area contributed by atoms with Crippen LogP contribution in [-0.4, -0.2) is 43.6 Å². The average Bonchev–Trinajstić information content (AvgIpc) is 3.13. The Morgan fingerprint density at radius 3 is 2.74 bits per heavy atom. The standard InChI is InChI=1S/C24H29N5O2/c1-17-12-22(28(3)27-17)24(30)29-11-7-10-20(14-29)23-21(13-25-18(2)26-23)16-31-15-19-8-5-4-6-9-19/h4-6,8-9,12-13,20H,7,10-11,14-16H2,1-3H3. The van der Waals surface area contributed by atoms with Crippen LogP contribution in [0.4, 0.5) is 0 Å². The lowest BCUT2D eigenvalue weighted by atomic mass is 9.92. The molecule has 7 heteroatoms. The molecule has 0 bridgehead atoms. The van der Waals surface area contributed by atoms with Crippen molar-refractivity contribution >= 4 is 5.91 Å². The van der Waals surface area contributed by atoms with Gasteiger partial charge in [-0.3, -0.25) is 9.48 Å². The van der Waals surface area contributed by atoms with Crippen LogP contribution in [0, 0.1) is 13.8 Å². The van der Waals surface area contributed by atoms with Crippen molar-refractivity contribution in [3.8, 4) is 0 Å². The molecule has 1 fully saturated rings. The van der Waals surface area contributed by atoms with Crippen LogP contribution in [0.15, 0.2) is 42.6 Å². The molecule has 1 unspecified atom stereocenters. The quantitative estimate of drug-likeness (QED) is 0.611. The predicted octanol–water partition coefficient (Wildman–Crippen LogP) is 3.56. The minimum Gasteiger partial charge on any atom is -0.372 e. The van der Waals surface area contributed by atoms with E-state index < -0.39 is 0 Å². The molecular formula is C24H29N5O2. The zero-order chi connectivity index (χ0) is 21.8. The number of hydrogen-bond acceptors (Lipinski definition) is 5. The van der Waals surface area contributed by atoms with Gasteiger partial charge in [0.2, 0.25) is 0 Å². The molecule has 1 aliphatic heterocycles. The van der Waals surface area contributed by atoms with Crippen LogP contribution < -0.4 is 0 Å². The highest BCUT2D eigenvalue weighted by Crippen LogP contribution is 2.29. The first kappa shape index (κ1) is 21.2. The number of piperidine rings is 1. The fraction of sp³-hybridized carbons (Fsp3) is 0.417. The Labute approximate surface area is 183 Å². The van der Waals surface area contributed by atoms with Crippen molar-refractivity contribution in [1.29, 1.82) is 0 Å². The molecule has 0 aliphatic carbocycles. The molecule has 4 rings (SSSR count). The highest BCUT2D eigenvalue weighted by Gasteiger charge is 2.29. The summed E-state index contributed by atoms with van der Waals surface area (Å²) in [4.78, 5) is 24.2. The van der Waals surface area contributed by atoms with Gasteiger partial charge in [0, 0.05) is 37.8 Å². The molecule has 162 valence electrons. The van der Waals surface area contributed by atoms with E-state index in [-0.39, 0.29) is 11.8 Å². The molecular weight excluding hydrogens is 390 g/mol. The van der Waals surface area contributed by atoms with Gasteiger partial charge < -0.3 is 9.64 Å². The third kappa shape index (κ3) is 4.99. The van der Waals surface area contributed by atoms with Crippen molar-refractivity contribution in [1.82, 2.24) is 24.6 Å². The van der Waals surface area contributed by atoms with Gasteiger partial charge in [0.05, 0.1) is 24.6 Å². The van der Waals surface area contributed by atoms with Crippen molar-refractivity contribution in [3.63, 3.8) is 0 Å². The van der Waals surface area contributed by atoms with Gasteiger partial charge in [-0.05, 0) is 38.3 Å². The Balaban J connectivity index is 1.48. The van der Waals surface area contributed by atoms with E-state index in [1.165, 1.54) is 0 Å². The largest absolute Gasteiger partial charge is 0.372 e. The molecule has 2 aromatic heterocycles. The second-order valence-electron chi connectivity index (χ2n) is 8.19.